The fraction of sp³-hybridized carbons (Fsp3) is 0.294. The lowest BCUT2D eigenvalue weighted by atomic mass is 10.1. The van der Waals surface area contributed by atoms with Crippen LogP contribution < -0.4 is 10.1 Å². The predicted octanol–water partition coefficient (Wildman–Crippen LogP) is 3.69. The number of rotatable bonds is 7. The maximum Gasteiger partial charge on any atom is 0.162 e. The van der Waals surface area contributed by atoms with Gasteiger partial charge in [0.2, 0.25) is 0 Å². The highest BCUT2D eigenvalue weighted by molar-refractivity contribution is 5.96. The van der Waals surface area contributed by atoms with Crippen LogP contribution in [0, 0.1) is 0 Å². The highest BCUT2D eigenvalue weighted by atomic mass is 16.5. The van der Waals surface area contributed by atoms with Crippen LogP contribution in [0.15, 0.2) is 42.7 Å². The van der Waals surface area contributed by atoms with Gasteiger partial charge in [-0.15, -0.1) is 0 Å². The topological polar surface area (TPSA) is 51.2 Å². The number of aromatic nitrogens is 1. The van der Waals surface area contributed by atoms with Crippen LogP contribution in [0.25, 0.3) is 0 Å². The second kappa shape index (κ2) is 7.43. The molecule has 0 aliphatic heterocycles. The van der Waals surface area contributed by atoms with Crippen LogP contribution in [0.3, 0.4) is 0 Å². The Morgan fingerprint density at radius 2 is 2.00 bits per heavy atom. The van der Waals surface area contributed by atoms with Crippen molar-refractivity contribution < 1.29 is 9.53 Å². The van der Waals surface area contributed by atoms with E-state index in [0.29, 0.717) is 13.0 Å². The van der Waals surface area contributed by atoms with Crippen molar-refractivity contribution in [1.82, 2.24) is 4.98 Å². The average Bonchev–Trinajstić information content (AvgIpc) is 2.54. The molecule has 0 fully saturated rings. The van der Waals surface area contributed by atoms with Gasteiger partial charge >= 0.3 is 0 Å². The third kappa shape index (κ3) is 4.31. The predicted molar refractivity (Wildman–Crippen MR) is 83.8 cm³/mol. The molecule has 0 aliphatic rings. The summed E-state index contributed by atoms with van der Waals surface area (Å²) in [5, 5.41) is 3.30. The Morgan fingerprint density at radius 3 is 2.67 bits per heavy atom. The first kappa shape index (κ1) is 15.0. The summed E-state index contributed by atoms with van der Waals surface area (Å²) in [5.74, 6) is 0.941. The van der Waals surface area contributed by atoms with Gasteiger partial charge in [0.05, 0.1) is 13.3 Å². The summed E-state index contributed by atoms with van der Waals surface area (Å²) >= 11 is 0. The lowest BCUT2D eigenvalue weighted by molar-refractivity contribution is 0.0982. The fourth-order valence-corrected chi connectivity index (χ4v) is 2.02. The van der Waals surface area contributed by atoms with Crippen molar-refractivity contribution in [2.45, 2.75) is 26.3 Å². The number of carbonyl (C=O) groups excluding carboxylic acids is 1. The highest BCUT2D eigenvalue weighted by Gasteiger charge is 2.04. The fourth-order valence-electron chi connectivity index (χ4n) is 2.02. The van der Waals surface area contributed by atoms with E-state index in [0.717, 1.165) is 29.0 Å². The summed E-state index contributed by atoms with van der Waals surface area (Å²) in [5.41, 5.74) is 2.79. The highest BCUT2D eigenvalue weighted by Crippen LogP contribution is 2.15. The first-order valence-corrected chi connectivity index (χ1v) is 7.08. The molecule has 21 heavy (non-hydrogen) atoms. The van der Waals surface area contributed by atoms with Gasteiger partial charge in [-0.1, -0.05) is 6.92 Å². The normalized spacial score (nSPS) is 10.2. The maximum absolute atomic E-state index is 11.8. The van der Waals surface area contributed by atoms with Gasteiger partial charge in [0, 0.05) is 30.4 Å². The minimum atomic E-state index is 0.195. The number of ether oxygens (including phenoxy) is 1. The Balaban J connectivity index is 1.95. The van der Waals surface area contributed by atoms with Crippen LogP contribution in [0.4, 0.5) is 5.69 Å². The number of anilines is 1. The van der Waals surface area contributed by atoms with Gasteiger partial charge in [-0.2, -0.15) is 0 Å². The van der Waals surface area contributed by atoms with E-state index >= 15 is 0 Å². The molecule has 4 nitrogen and oxygen atoms in total. The number of Topliss-reactive ketones (excluding diaryl/α,β-unsaturated/α-hetero) is 1. The Labute approximate surface area is 125 Å². The molecule has 0 saturated carbocycles. The lowest BCUT2D eigenvalue weighted by Crippen LogP contribution is -2.02. The second-order valence-corrected chi connectivity index (χ2v) is 4.84. The number of hydrogen-bond acceptors (Lipinski definition) is 4. The number of nitrogens with one attached hydrogen (secondary N) is 1. The van der Waals surface area contributed by atoms with Gasteiger partial charge in [-0.3, -0.25) is 9.78 Å². The first-order valence-electron chi connectivity index (χ1n) is 7.08. The molecule has 1 aromatic carbocycles. The van der Waals surface area contributed by atoms with E-state index in [1.807, 2.05) is 37.3 Å². The van der Waals surface area contributed by atoms with Crippen molar-refractivity contribution in [3.8, 4) is 5.75 Å². The molecule has 2 aromatic rings. The SMILES string of the molecule is CCCC(=O)c1ccc(NCc2cncc(OC)c2)cc1. The molecule has 2 rings (SSSR count). The van der Waals surface area contributed by atoms with E-state index in [1.54, 1.807) is 19.5 Å². The van der Waals surface area contributed by atoms with E-state index in [1.165, 1.54) is 0 Å². The van der Waals surface area contributed by atoms with E-state index < -0.39 is 0 Å². The number of nitrogens with zero attached hydrogens (tertiary/aromatic N) is 1. The van der Waals surface area contributed by atoms with Crippen LogP contribution in [-0.4, -0.2) is 17.9 Å². The molecule has 0 unspecified atom stereocenters. The van der Waals surface area contributed by atoms with Crippen LogP contribution in [-0.2, 0) is 6.54 Å². The van der Waals surface area contributed by atoms with Crippen molar-refractivity contribution in [1.29, 1.82) is 0 Å². The Morgan fingerprint density at radius 1 is 1.24 bits per heavy atom. The van der Waals surface area contributed by atoms with Gasteiger partial charge in [-0.05, 0) is 42.3 Å². The first-order chi connectivity index (χ1) is 10.2. The molecular weight excluding hydrogens is 264 g/mol. The molecule has 1 N–H and O–H groups in total. The van der Waals surface area contributed by atoms with Crippen molar-refractivity contribution in [2.75, 3.05) is 12.4 Å². The third-order valence-electron chi connectivity index (χ3n) is 3.19. The Bertz CT molecular complexity index is 594. The number of pyridine rings is 1. The van der Waals surface area contributed by atoms with Crippen molar-refractivity contribution in [3.05, 3.63) is 53.9 Å². The number of carbonyl (C=O) groups is 1. The zero-order chi connectivity index (χ0) is 15.1. The van der Waals surface area contributed by atoms with Crippen molar-refractivity contribution in [3.63, 3.8) is 0 Å². The summed E-state index contributed by atoms with van der Waals surface area (Å²) in [4.78, 5) is 15.9. The van der Waals surface area contributed by atoms with Gasteiger partial charge in [0.25, 0.3) is 0 Å². The maximum atomic E-state index is 11.8. The van der Waals surface area contributed by atoms with Gasteiger partial charge in [0.15, 0.2) is 5.78 Å². The van der Waals surface area contributed by atoms with Crippen molar-refractivity contribution >= 4 is 11.5 Å². The smallest absolute Gasteiger partial charge is 0.162 e. The molecule has 0 atom stereocenters. The summed E-state index contributed by atoms with van der Waals surface area (Å²) < 4.78 is 5.14. The van der Waals surface area contributed by atoms with Crippen LogP contribution in [0.1, 0.15) is 35.7 Å². The Kier molecular flexibility index (Phi) is 5.32. The van der Waals surface area contributed by atoms with Crippen LogP contribution in [0.2, 0.25) is 0 Å². The van der Waals surface area contributed by atoms with Gasteiger partial charge in [0.1, 0.15) is 5.75 Å². The molecule has 1 aromatic heterocycles. The largest absolute Gasteiger partial charge is 0.495 e. The van der Waals surface area contributed by atoms with Gasteiger partial charge < -0.3 is 10.1 Å². The minimum Gasteiger partial charge on any atom is -0.495 e. The summed E-state index contributed by atoms with van der Waals surface area (Å²) in [7, 11) is 1.63. The number of ketones is 1. The molecule has 4 heteroatoms. The van der Waals surface area contributed by atoms with Gasteiger partial charge in [-0.25, -0.2) is 0 Å². The van der Waals surface area contributed by atoms with Crippen LogP contribution >= 0.6 is 0 Å². The summed E-state index contributed by atoms with van der Waals surface area (Å²) in [6.45, 7) is 2.67. The molecule has 110 valence electrons. The Hall–Kier alpha value is -2.36. The van der Waals surface area contributed by atoms with E-state index in [-0.39, 0.29) is 5.78 Å². The third-order valence-corrected chi connectivity index (χ3v) is 3.19. The lowest BCUT2D eigenvalue weighted by Gasteiger charge is -2.08. The monoisotopic (exact) mass is 284 g/mol. The molecule has 0 amide bonds. The molecule has 1 heterocycles. The summed E-state index contributed by atoms with van der Waals surface area (Å²) in [6, 6.07) is 9.53. The average molecular weight is 284 g/mol. The van der Waals surface area contributed by atoms with E-state index in [2.05, 4.69) is 10.3 Å². The molecule has 0 aliphatic carbocycles. The van der Waals surface area contributed by atoms with Crippen molar-refractivity contribution in [2.24, 2.45) is 0 Å². The standard InChI is InChI=1S/C17H20N2O2/c1-3-4-17(20)14-5-7-15(8-6-14)19-11-13-9-16(21-2)12-18-10-13/h5-10,12,19H,3-4,11H2,1-2H3. The summed E-state index contributed by atoms with van der Waals surface area (Å²) in [6.07, 6.45) is 4.95. The zero-order valence-electron chi connectivity index (χ0n) is 12.4. The zero-order valence-corrected chi connectivity index (χ0v) is 12.4. The molecule has 0 spiro atoms. The van der Waals surface area contributed by atoms with E-state index in [9.17, 15) is 4.79 Å². The molecule has 0 saturated heterocycles. The number of benzene rings is 1. The number of methoxy groups -OCH3 is 1. The number of hydrogen-bond donors (Lipinski definition) is 1. The quantitative estimate of drug-likeness (QED) is 0.788. The molecule has 0 radical (unpaired) electrons. The second-order valence-electron chi connectivity index (χ2n) is 4.84. The van der Waals surface area contributed by atoms with E-state index in [4.69, 9.17) is 4.74 Å². The molecular formula is C17H20N2O2. The molecule has 0 bridgehead atoms. The minimum absolute atomic E-state index is 0.195. The van der Waals surface area contributed by atoms with Crippen LogP contribution in [0.5, 0.6) is 5.75 Å².